The van der Waals surface area contributed by atoms with E-state index in [0.717, 1.165) is 27.4 Å². The van der Waals surface area contributed by atoms with Crippen molar-refractivity contribution in [3.8, 4) is 0 Å². The Morgan fingerprint density at radius 3 is 2.82 bits per heavy atom. The van der Waals surface area contributed by atoms with Crippen LogP contribution in [0.25, 0.3) is 11.2 Å². The van der Waals surface area contributed by atoms with Crippen LogP contribution in [0.5, 0.6) is 0 Å². The normalized spacial score (nSPS) is 25.3. The molecular formula is C13H16BrN3. The minimum Gasteiger partial charge on any atom is -0.340 e. The SMILES string of the molecule is CC1CCC(c2nc3ncc(Br)cc3[nH]2)CC1. The summed E-state index contributed by atoms with van der Waals surface area (Å²) in [6, 6.07) is 2.05. The molecule has 0 spiro atoms. The van der Waals surface area contributed by atoms with Gasteiger partial charge in [0.1, 0.15) is 5.82 Å². The monoisotopic (exact) mass is 293 g/mol. The first-order valence-electron chi connectivity index (χ1n) is 6.23. The summed E-state index contributed by atoms with van der Waals surface area (Å²) >= 11 is 3.44. The highest BCUT2D eigenvalue weighted by atomic mass is 79.9. The molecule has 0 aromatic carbocycles. The van der Waals surface area contributed by atoms with E-state index < -0.39 is 0 Å². The van der Waals surface area contributed by atoms with E-state index in [1.54, 1.807) is 6.20 Å². The number of pyridine rings is 1. The van der Waals surface area contributed by atoms with Crippen LogP contribution in [-0.4, -0.2) is 15.0 Å². The van der Waals surface area contributed by atoms with Gasteiger partial charge in [0.2, 0.25) is 0 Å². The Bertz CT molecular complexity index is 526. The van der Waals surface area contributed by atoms with Gasteiger partial charge in [-0.3, -0.25) is 0 Å². The van der Waals surface area contributed by atoms with Crippen molar-refractivity contribution in [2.75, 3.05) is 0 Å². The number of imidazole rings is 1. The van der Waals surface area contributed by atoms with E-state index in [1.807, 2.05) is 6.07 Å². The van der Waals surface area contributed by atoms with E-state index in [4.69, 9.17) is 0 Å². The number of nitrogens with zero attached hydrogens (tertiary/aromatic N) is 2. The summed E-state index contributed by atoms with van der Waals surface area (Å²) in [6.07, 6.45) is 6.94. The number of fused-ring (bicyclic) bond motifs is 1. The van der Waals surface area contributed by atoms with Gasteiger partial charge in [-0.15, -0.1) is 0 Å². The van der Waals surface area contributed by atoms with Crippen LogP contribution < -0.4 is 0 Å². The molecule has 0 atom stereocenters. The highest BCUT2D eigenvalue weighted by molar-refractivity contribution is 9.10. The number of aromatic amines is 1. The van der Waals surface area contributed by atoms with Crippen molar-refractivity contribution in [3.63, 3.8) is 0 Å². The molecule has 90 valence electrons. The van der Waals surface area contributed by atoms with Gasteiger partial charge in [-0.25, -0.2) is 9.97 Å². The molecule has 0 aliphatic heterocycles. The molecule has 2 aromatic heterocycles. The average Bonchev–Trinajstić information content (AvgIpc) is 2.72. The summed E-state index contributed by atoms with van der Waals surface area (Å²) in [6.45, 7) is 2.34. The number of nitrogens with one attached hydrogen (secondary N) is 1. The molecular weight excluding hydrogens is 278 g/mol. The molecule has 1 N–H and O–H groups in total. The fraction of sp³-hybridized carbons (Fsp3) is 0.538. The molecule has 4 heteroatoms. The minimum atomic E-state index is 0.596. The summed E-state index contributed by atoms with van der Waals surface area (Å²) in [4.78, 5) is 12.4. The molecule has 1 fully saturated rings. The van der Waals surface area contributed by atoms with E-state index in [1.165, 1.54) is 25.7 Å². The number of aromatic nitrogens is 3. The summed E-state index contributed by atoms with van der Waals surface area (Å²) in [5.41, 5.74) is 1.87. The maximum Gasteiger partial charge on any atom is 0.177 e. The standard InChI is InChI=1S/C13H16BrN3/c1-8-2-4-9(5-3-8)12-16-11-6-10(14)7-15-13(11)17-12/h6-9H,2-5H2,1H3,(H,15,16,17). The second-order valence-electron chi connectivity index (χ2n) is 5.10. The second kappa shape index (κ2) is 4.41. The van der Waals surface area contributed by atoms with Gasteiger partial charge in [0.05, 0.1) is 5.52 Å². The van der Waals surface area contributed by atoms with E-state index >= 15 is 0 Å². The lowest BCUT2D eigenvalue weighted by atomic mass is 9.83. The van der Waals surface area contributed by atoms with Gasteiger partial charge in [0.15, 0.2) is 5.65 Å². The molecule has 0 bridgehead atoms. The Morgan fingerprint density at radius 1 is 1.29 bits per heavy atom. The van der Waals surface area contributed by atoms with E-state index in [-0.39, 0.29) is 0 Å². The van der Waals surface area contributed by atoms with Crippen LogP contribution in [-0.2, 0) is 0 Å². The maximum absolute atomic E-state index is 4.62. The molecule has 0 unspecified atom stereocenters. The van der Waals surface area contributed by atoms with Crippen molar-refractivity contribution < 1.29 is 0 Å². The third-order valence-corrected chi connectivity index (χ3v) is 4.16. The Hall–Kier alpha value is -0.900. The van der Waals surface area contributed by atoms with Gasteiger partial charge in [-0.05, 0) is 40.8 Å². The third kappa shape index (κ3) is 2.23. The smallest absolute Gasteiger partial charge is 0.177 e. The van der Waals surface area contributed by atoms with E-state index in [0.29, 0.717) is 5.92 Å². The molecule has 2 aromatic rings. The fourth-order valence-electron chi connectivity index (χ4n) is 2.62. The van der Waals surface area contributed by atoms with Gasteiger partial charge in [0, 0.05) is 16.6 Å². The zero-order valence-electron chi connectivity index (χ0n) is 9.91. The highest BCUT2D eigenvalue weighted by Gasteiger charge is 2.22. The van der Waals surface area contributed by atoms with E-state index in [9.17, 15) is 0 Å². The Morgan fingerprint density at radius 2 is 2.06 bits per heavy atom. The summed E-state index contributed by atoms with van der Waals surface area (Å²) in [7, 11) is 0. The number of H-pyrrole nitrogens is 1. The van der Waals surface area contributed by atoms with Crippen LogP contribution in [0.2, 0.25) is 0 Å². The van der Waals surface area contributed by atoms with Crippen LogP contribution in [0.3, 0.4) is 0 Å². The minimum absolute atomic E-state index is 0.596. The van der Waals surface area contributed by atoms with Crippen molar-refractivity contribution in [2.45, 2.75) is 38.5 Å². The molecule has 2 heterocycles. The van der Waals surface area contributed by atoms with Crippen LogP contribution in [0, 0.1) is 5.92 Å². The van der Waals surface area contributed by atoms with Crippen molar-refractivity contribution in [2.24, 2.45) is 5.92 Å². The van der Waals surface area contributed by atoms with Crippen LogP contribution in [0.15, 0.2) is 16.7 Å². The molecule has 1 aliphatic carbocycles. The molecule has 3 rings (SSSR count). The van der Waals surface area contributed by atoms with Crippen molar-refractivity contribution in [1.29, 1.82) is 0 Å². The Balaban J connectivity index is 1.90. The van der Waals surface area contributed by atoms with Crippen molar-refractivity contribution in [1.82, 2.24) is 15.0 Å². The molecule has 3 nitrogen and oxygen atoms in total. The number of hydrogen-bond acceptors (Lipinski definition) is 2. The molecule has 1 saturated carbocycles. The molecule has 0 radical (unpaired) electrons. The van der Waals surface area contributed by atoms with E-state index in [2.05, 4.69) is 37.8 Å². The quantitative estimate of drug-likeness (QED) is 0.863. The maximum atomic E-state index is 4.62. The average molecular weight is 294 g/mol. The summed E-state index contributed by atoms with van der Waals surface area (Å²) in [5.74, 6) is 2.60. The van der Waals surface area contributed by atoms with Gasteiger partial charge >= 0.3 is 0 Å². The van der Waals surface area contributed by atoms with Crippen LogP contribution in [0.4, 0.5) is 0 Å². The Kier molecular flexibility index (Phi) is 2.90. The zero-order chi connectivity index (χ0) is 11.8. The lowest BCUT2D eigenvalue weighted by Crippen LogP contribution is -2.11. The number of rotatable bonds is 1. The first kappa shape index (κ1) is 11.2. The van der Waals surface area contributed by atoms with Crippen LogP contribution >= 0.6 is 15.9 Å². The molecule has 0 saturated heterocycles. The largest absolute Gasteiger partial charge is 0.340 e. The zero-order valence-corrected chi connectivity index (χ0v) is 11.5. The number of halogens is 1. The predicted octanol–water partition coefficient (Wildman–Crippen LogP) is 4.01. The summed E-state index contributed by atoms with van der Waals surface area (Å²) in [5, 5.41) is 0. The lowest BCUT2D eigenvalue weighted by molar-refractivity contribution is 0.341. The number of hydrogen-bond donors (Lipinski definition) is 1. The van der Waals surface area contributed by atoms with Crippen molar-refractivity contribution >= 4 is 27.1 Å². The topological polar surface area (TPSA) is 41.6 Å². The first-order chi connectivity index (χ1) is 8.22. The molecule has 1 aliphatic rings. The fourth-order valence-corrected chi connectivity index (χ4v) is 2.95. The molecule has 0 amide bonds. The van der Waals surface area contributed by atoms with Gasteiger partial charge in [-0.1, -0.05) is 19.8 Å². The third-order valence-electron chi connectivity index (χ3n) is 3.72. The second-order valence-corrected chi connectivity index (χ2v) is 6.02. The Labute approximate surface area is 109 Å². The molecule has 17 heavy (non-hydrogen) atoms. The first-order valence-corrected chi connectivity index (χ1v) is 7.03. The lowest BCUT2D eigenvalue weighted by Gasteiger charge is -2.24. The predicted molar refractivity (Wildman–Crippen MR) is 72.0 cm³/mol. The van der Waals surface area contributed by atoms with Crippen LogP contribution in [0.1, 0.15) is 44.3 Å². The van der Waals surface area contributed by atoms with Crippen molar-refractivity contribution in [3.05, 3.63) is 22.6 Å². The highest BCUT2D eigenvalue weighted by Crippen LogP contribution is 2.34. The van der Waals surface area contributed by atoms with Gasteiger partial charge < -0.3 is 4.98 Å². The van der Waals surface area contributed by atoms with Gasteiger partial charge in [0.25, 0.3) is 0 Å². The van der Waals surface area contributed by atoms with Gasteiger partial charge in [-0.2, -0.15) is 0 Å². The summed E-state index contributed by atoms with van der Waals surface area (Å²) < 4.78 is 0.998.